The summed E-state index contributed by atoms with van der Waals surface area (Å²) in [5.74, 6) is -0.437. The van der Waals surface area contributed by atoms with Crippen molar-refractivity contribution in [3.8, 4) is 0 Å². The maximum Gasteiger partial charge on any atom is 0.257 e. The normalized spacial score (nSPS) is 15.3. The largest absolute Gasteiger partial charge is 0.321 e. The van der Waals surface area contributed by atoms with E-state index in [1.165, 1.54) is 22.5 Å². The van der Waals surface area contributed by atoms with Gasteiger partial charge in [-0.15, -0.1) is 0 Å². The fourth-order valence-electron chi connectivity index (χ4n) is 2.67. The van der Waals surface area contributed by atoms with Crippen LogP contribution < -0.4 is 5.32 Å². The van der Waals surface area contributed by atoms with Crippen molar-refractivity contribution in [1.82, 2.24) is 4.31 Å². The minimum absolute atomic E-state index is 0.0895. The summed E-state index contributed by atoms with van der Waals surface area (Å²) in [5, 5.41) is 2.99. The lowest BCUT2D eigenvalue weighted by Crippen LogP contribution is -2.28. The first-order valence-electron chi connectivity index (χ1n) is 7.75. The first-order valence-corrected chi connectivity index (χ1v) is 10.6. The van der Waals surface area contributed by atoms with Crippen LogP contribution >= 0.6 is 34.2 Å². The second kappa shape index (κ2) is 7.61. The summed E-state index contributed by atoms with van der Waals surface area (Å²) in [5.41, 5.74) is 0.790. The highest BCUT2D eigenvalue weighted by atomic mass is 127. The lowest BCUT2D eigenvalue weighted by atomic mass is 10.2. The third kappa shape index (κ3) is 3.99. The molecule has 132 valence electrons. The average Bonchev–Trinajstić information content (AvgIpc) is 3.12. The van der Waals surface area contributed by atoms with Gasteiger partial charge in [0.1, 0.15) is 0 Å². The maximum absolute atomic E-state index is 12.7. The third-order valence-corrected chi connectivity index (χ3v) is 7.17. The Bertz CT molecular complexity index is 912. The molecule has 0 spiro atoms. The molecule has 1 fully saturated rings. The lowest BCUT2D eigenvalue weighted by Gasteiger charge is -2.16. The molecule has 0 unspecified atom stereocenters. The molecular formula is C17H16ClIN2O3S. The van der Waals surface area contributed by atoms with Crippen LogP contribution in [-0.4, -0.2) is 31.7 Å². The van der Waals surface area contributed by atoms with Gasteiger partial charge in [0.05, 0.1) is 21.2 Å². The van der Waals surface area contributed by atoms with Gasteiger partial charge in [0.15, 0.2) is 0 Å². The van der Waals surface area contributed by atoms with Crippen LogP contribution in [0.15, 0.2) is 47.4 Å². The SMILES string of the molecule is O=C(Nc1ccccc1I)c1cc(S(=O)(=O)N2CCCC2)ccc1Cl. The Labute approximate surface area is 165 Å². The molecular weight excluding hydrogens is 475 g/mol. The van der Waals surface area contributed by atoms with Crippen LogP contribution in [0.1, 0.15) is 23.2 Å². The van der Waals surface area contributed by atoms with E-state index in [9.17, 15) is 13.2 Å². The number of rotatable bonds is 4. The summed E-state index contributed by atoms with van der Waals surface area (Å²) >= 11 is 8.25. The molecule has 25 heavy (non-hydrogen) atoms. The molecule has 2 aromatic carbocycles. The van der Waals surface area contributed by atoms with Crippen molar-refractivity contribution in [1.29, 1.82) is 0 Å². The van der Waals surface area contributed by atoms with Crippen molar-refractivity contribution < 1.29 is 13.2 Å². The molecule has 0 aliphatic carbocycles. The number of carbonyl (C=O) groups is 1. The second-order valence-electron chi connectivity index (χ2n) is 5.69. The number of nitrogens with one attached hydrogen (secondary N) is 1. The van der Waals surface area contributed by atoms with Gasteiger partial charge in [-0.2, -0.15) is 4.31 Å². The molecule has 3 rings (SSSR count). The zero-order chi connectivity index (χ0) is 18.0. The number of sulfonamides is 1. The van der Waals surface area contributed by atoms with Crippen molar-refractivity contribution >= 4 is 55.8 Å². The quantitative estimate of drug-likeness (QED) is 0.659. The highest BCUT2D eigenvalue weighted by Crippen LogP contribution is 2.26. The number of hydrogen-bond acceptors (Lipinski definition) is 3. The van der Waals surface area contributed by atoms with E-state index in [2.05, 4.69) is 27.9 Å². The topological polar surface area (TPSA) is 66.5 Å². The molecule has 8 heteroatoms. The zero-order valence-corrected chi connectivity index (χ0v) is 16.9. The molecule has 1 aliphatic heterocycles. The minimum Gasteiger partial charge on any atom is -0.321 e. The monoisotopic (exact) mass is 490 g/mol. The molecule has 1 heterocycles. The smallest absolute Gasteiger partial charge is 0.257 e. The Morgan fingerprint density at radius 1 is 1.12 bits per heavy atom. The number of carbonyl (C=O) groups excluding carboxylic acids is 1. The number of anilines is 1. The van der Waals surface area contributed by atoms with Crippen molar-refractivity contribution in [3.63, 3.8) is 0 Å². The Balaban J connectivity index is 1.91. The first kappa shape index (κ1) is 18.6. The van der Waals surface area contributed by atoms with Gasteiger partial charge in [-0.1, -0.05) is 23.7 Å². The highest BCUT2D eigenvalue weighted by Gasteiger charge is 2.28. The summed E-state index contributed by atoms with van der Waals surface area (Å²) in [7, 11) is -3.60. The number of hydrogen-bond donors (Lipinski definition) is 1. The van der Waals surface area contributed by atoms with Crippen LogP contribution in [0.2, 0.25) is 5.02 Å². The number of benzene rings is 2. The molecule has 0 radical (unpaired) electrons. The average molecular weight is 491 g/mol. The lowest BCUT2D eigenvalue weighted by molar-refractivity contribution is 0.102. The Kier molecular flexibility index (Phi) is 5.67. The summed E-state index contributed by atoms with van der Waals surface area (Å²) < 4.78 is 27.7. The Hall–Kier alpha value is -1.16. The summed E-state index contributed by atoms with van der Waals surface area (Å²) in [6.07, 6.45) is 1.71. The van der Waals surface area contributed by atoms with Gasteiger partial charge in [-0.05, 0) is 65.8 Å². The van der Waals surface area contributed by atoms with Gasteiger partial charge >= 0.3 is 0 Å². The van der Waals surface area contributed by atoms with Crippen molar-refractivity contribution in [2.45, 2.75) is 17.7 Å². The highest BCUT2D eigenvalue weighted by molar-refractivity contribution is 14.1. The molecule has 1 N–H and O–H groups in total. The zero-order valence-electron chi connectivity index (χ0n) is 13.2. The van der Waals surface area contributed by atoms with E-state index < -0.39 is 15.9 Å². The molecule has 5 nitrogen and oxygen atoms in total. The van der Waals surface area contributed by atoms with Crippen LogP contribution in [0.5, 0.6) is 0 Å². The van der Waals surface area contributed by atoms with E-state index in [0.717, 1.165) is 16.4 Å². The van der Waals surface area contributed by atoms with Crippen molar-refractivity contribution in [3.05, 3.63) is 56.6 Å². The van der Waals surface area contributed by atoms with Gasteiger partial charge in [0.2, 0.25) is 10.0 Å². The van der Waals surface area contributed by atoms with Gasteiger partial charge in [-0.25, -0.2) is 8.42 Å². The molecule has 0 atom stereocenters. The summed E-state index contributed by atoms with van der Waals surface area (Å²) in [6.45, 7) is 1.02. The third-order valence-electron chi connectivity index (χ3n) is 4.01. The fraction of sp³-hybridized carbons (Fsp3) is 0.235. The van der Waals surface area contributed by atoms with E-state index in [0.29, 0.717) is 18.8 Å². The van der Waals surface area contributed by atoms with E-state index in [-0.39, 0.29) is 15.5 Å². The van der Waals surface area contributed by atoms with Crippen LogP contribution in [-0.2, 0) is 10.0 Å². The Morgan fingerprint density at radius 2 is 1.80 bits per heavy atom. The maximum atomic E-state index is 12.7. The number of para-hydroxylation sites is 1. The van der Waals surface area contributed by atoms with Gasteiger partial charge in [0, 0.05) is 16.7 Å². The van der Waals surface area contributed by atoms with Gasteiger partial charge < -0.3 is 5.32 Å². The van der Waals surface area contributed by atoms with E-state index >= 15 is 0 Å². The van der Waals surface area contributed by atoms with Crippen LogP contribution in [0, 0.1) is 3.57 Å². The standard InChI is InChI=1S/C17H16ClIN2O3S/c18-14-8-7-12(25(23,24)21-9-3-4-10-21)11-13(14)17(22)20-16-6-2-1-5-15(16)19/h1-2,5-8,11H,3-4,9-10H2,(H,20,22). The van der Waals surface area contributed by atoms with Crippen LogP contribution in [0.25, 0.3) is 0 Å². The predicted molar refractivity (Wildman–Crippen MR) is 107 cm³/mol. The Morgan fingerprint density at radius 3 is 2.48 bits per heavy atom. The molecule has 0 bridgehead atoms. The number of nitrogens with zero attached hydrogens (tertiary/aromatic N) is 1. The molecule has 1 saturated heterocycles. The van der Waals surface area contributed by atoms with E-state index in [1.54, 1.807) is 6.07 Å². The van der Waals surface area contributed by atoms with E-state index in [1.807, 2.05) is 18.2 Å². The minimum atomic E-state index is -3.60. The van der Waals surface area contributed by atoms with Crippen molar-refractivity contribution in [2.24, 2.45) is 0 Å². The molecule has 0 aromatic heterocycles. The van der Waals surface area contributed by atoms with Crippen molar-refractivity contribution in [2.75, 3.05) is 18.4 Å². The molecule has 0 saturated carbocycles. The van der Waals surface area contributed by atoms with Crippen LogP contribution in [0.4, 0.5) is 5.69 Å². The predicted octanol–water partition coefficient (Wildman–Crippen LogP) is 3.98. The van der Waals surface area contributed by atoms with E-state index in [4.69, 9.17) is 11.6 Å². The first-order chi connectivity index (χ1) is 11.9. The summed E-state index contributed by atoms with van der Waals surface area (Å²) in [4.78, 5) is 12.7. The van der Waals surface area contributed by atoms with Gasteiger partial charge in [0.25, 0.3) is 5.91 Å². The fourth-order valence-corrected chi connectivity index (χ4v) is 4.94. The molecule has 1 aliphatic rings. The van der Waals surface area contributed by atoms with Crippen LogP contribution in [0.3, 0.4) is 0 Å². The molecule has 1 amide bonds. The van der Waals surface area contributed by atoms with Gasteiger partial charge in [-0.3, -0.25) is 4.79 Å². The molecule has 2 aromatic rings. The number of halogens is 2. The second-order valence-corrected chi connectivity index (χ2v) is 9.19. The number of amides is 1. The summed E-state index contributed by atoms with van der Waals surface area (Å²) in [6, 6.07) is 11.6.